The second kappa shape index (κ2) is 6.09. The van der Waals surface area contributed by atoms with Gasteiger partial charge in [0.1, 0.15) is 0 Å². The van der Waals surface area contributed by atoms with Crippen molar-refractivity contribution in [1.82, 2.24) is 4.90 Å². The molecule has 7 heteroatoms. The highest BCUT2D eigenvalue weighted by molar-refractivity contribution is 6.00. The van der Waals surface area contributed by atoms with Gasteiger partial charge in [-0.2, -0.15) is 0 Å². The summed E-state index contributed by atoms with van der Waals surface area (Å²) in [7, 11) is 0. The van der Waals surface area contributed by atoms with Crippen molar-refractivity contribution in [3.8, 4) is 0 Å². The highest BCUT2D eigenvalue weighted by Crippen LogP contribution is 2.27. The van der Waals surface area contributed by atoms with Crippen molar-refractivity contribution in [3.05, 3.63) is 33.9 Å². The summed E-state index contributed by atoms with van der Waals surface area (Å²) in [5.74, 6) is 0.239. The second-order valence-electron chi connectivity index (χ2n) is 5.55. The molecule has 2 atom stereocenters. The van der Waals surface area contributed by atoms with Gasteiger partial charge in [0.25, 0.3) is 11.6 Å². The van der Waals surface area contributed by atoms with Gasteiger partial charge < -0.3 is 16.4 Å². The molecule has 1 heterocycles. The summed E-state index contributed by atoms with van der Waals surface area (Å²) in [5, 5.41) is 10.8. The number of carbonyl (C=O) groups excluding carboxylic acids is 1. The average Bonchev–Trinajstić information content (AvgIpc) is 2.46. The van der Waals surface area contributed by atoms with Crippen molar-refractivity contribution in [2.45, 2.75) is 25.8 Å². The number of nitro benzene ring substituents is 1. The molecule has 0 aliphatic carbocycles. The average molecular weight is 292 g/mol. The Morgan fingerprint density at radius 1 is 1.52 bits per heavy atom. The summed E-state index contributed by atoms with van der Waals surface area (Å²) >= 11 is 0. The van der Waals surface area contributed by atoms with Gasteiger partial charge in [-0.25, -0.2) is 0 Å². The summed E-state index contributed by atoms with van der Waals surface area (Å²) in [6.07, 6.45) is 1.74. The quantitative estimate of drug-likeness (QED) is 0.496. The molecule has 1 saturated heterocycles. The van der Waals surface area contributed by atoms with Gasteiger partial charge in [-0.05, 0) is 24.8 Å². The van der Waals surface area contributed by atoms with Crippen LogP contribution in [0.25, 0.3) is 0 Å². The van der Waals surface area contributed by atoms with Crippen LogP contribution in [0.2, 0.25) is 0 Å². The first-order chi connectivity index (χ1) is 9.93. The number of likely N-dealkylation sites (tertiary alicyclic amines) is 1. The van der Waals surface area contributed by atoms with Crippen molar-refractivity contribution in [1.29, 1.82) is 0 Å². The van der Waals surface area contributed by atoms with Gasteiger partial charge in [-0.3, -0.25) is 14.9 Å². The number of anilines is 1. The first kappa shape index (κ1) is 15.2. The molecular formula is C14H20N4O3. The molecule has 1 aromatic rings. The van der Waals surface area contributed by atoms with E-state index < -0.39 is 4.92 Å². The number of nitrogens with two attached hydrogens (primary N) is 2. The first-order valence-corrected chi connectivity index (χ1v) is 6.99. The molecule has 0 radical (unpaired) electrons. The normalized spacial score (nSPS) is 22.1. The van der Waals surface area contributed by atoms with Crippen LogP contribution < -0.4 is 11.5 Å². The number of rotatable bonds is 3. The van der Waals surface area contributed by atoms with Crippen LogP contribution in [0.5, 0.6) is 0 Å². The largest absolute Gasteiger partial charge is 0.398 e. The van der Waals surface area contributed by atoms with E-state index in [1.165, 1.54) is 18.2 Å². The zero-order valence-electron chi connectivity index (χ0n) is 12.0. The molecule has 1 amide bonds. The van der Waals surface area contributed by atoms with E-state index in [2.05, 4.69) is 6.92 Å². The molecule has 21 heavy (non-hydrogen) atoms. The SMILES string of the molecule is CC1CCN(C(=O)c2cc([N+](=O)[O-])ccc2N)C(CN)C1. The fourth-order valence-electron chi connectivity index (χ4n) is 2.74. The molecule has 114 valence electrons. The van der Waals surface area contributed by atoms with Crippen LogP contribution in [0.3, 0.4) is 0 Å². The Balaban J connectivity index is 2.30. The standard InChI is InChI=1S/C14H20N4O3/c1-9-4-5-17(11(6-9)8-15)14(19)12-7-10(18(20)21)2-3-13(12)16/h2-3,7,9,11H,4-6,8,15-16H2,1H3. The first-order valence-electron chi connectivity index (χ1n) is 6.99. The van der Waals surface area contributed by atoms with E-state index in [9.17, 15) is 14.9 Å². The molecule has 1 aromatic carbocycles. The van der Waals surface area contributed by atoms with Crippen LogP contribution in [0.15, 0.2) is 18.2 Å². The minimum atomic E-state index is -0.533. The number of hydrogen-bond acceptors (Lipinski definition) is 5. The van der Waals surface area contributed by atoms with Gasteiger partial charge in [0.05, 0.1) is 10.5 Å². The summed E-state index contributed by atoms with van der Waals surface area (Å²) in [6, 6.07) is 3.89. The molecule has 2 rings (SSSR count). The van der Waals surface area contributed by atoms with E-state index in [0.29, 0.717) is 19.0 Å². The third-order valence-electron chi connectivity index (χ3n) is 3.99. The lowest BCUT2D eigenvalue weighted by Gasteiger charge is -2.38. The Morgan fingerprint density at radius 3 is 2.86 bits per heavy atom. The van der Waals surface area contributed by atoms with E-state index in [-0.39, 0.29) is 28.9 Å². The molecule has 0 bridgehead atoms. The summed E-state index contributed by atoms with van der Waals surface area (Å²) in [4.78, 5) is 24.6. The number of nitrogen functional groups attached to an aromatic ring is 1. The lowest BCUT2D eigenvalue weighted by molar-refractivity contribution is -0.384. The molecule has 4 N–H and O–H groups in total. The molecule has 1 aliphatic heterocycles. The molecular weight excluding hydrogens is 272 g/mol. The predicted molar refractivity (Wildman–Crippen MR) is 79.8 cm³/mol. The zero-order chi connectivity index (χ0) is 15.6. The number of piperidine rings is 1. The van der Waals surface area contributed by atoms with Gasteiger partial charge in [0.15, 0.2) is 0 Å². The van der Waals surface area contributed by atoms with E-state index >= 15 is 0 Å². The molecule has 1 aliphatic rings. The number of carbonyl (C=O) groups is 1. The van der Waals surface area contributed by atoms with Gasteiger partial charge in [-0.15, -0.1) is 0 Å². The maximum absolute atomic E-state index is 12.6. The highest BCUT2D eigenvalue weighted by atomic mass is 16.6. The van der Waals surface area contributed by atoms with Gasteiger partial charge in [0, 0.05) is 37.0 Å². The van der Waals surface area contributed by atoms with Crippen molar-refractivity contribution in [3.63, 3.8) is 0 Å². The van der Waals surface area contributed by atoms with Crippen molar-refractivity contribution >= 4 is 17.3 Å². The molecule has 0 aromatic heterocycles. The number of amides is 1. The van der Waals surface area contributed by atoms with Crippen molar-refractivity contribution in [2.75, 3.05) is 18.8 Å². The number of non-ortho nitro benzene ring substituents is 1. The summed E-state index contributed by atoms with van der Waals surface area (Å²) in [6.45, 7) is 3.11. The van der Waals surface area contributed by atoms with Crippen molar-refractivity contribution < 1.29 is 9.72 Å². The Hall–Kier alpha value is -2.15. The van der Waals surface area contributed by atoms with Crippen LogP contribution >= 0.6 is 0 Å². The fourth-order valence-corrected chi connectivity index (χ4v) is 2.74. The van der Waals surface area contributed by atoms with E-state index in [0.717, 1.165) is 12.8 Å². The van der Waals surface area contributed by atoms with E-state index in [4.69, 9.17) is 11.5 Å². The molecule has 0 spiro atoms. The third-order valence-corrected chi connectivity index (χ3v) is 3.99. The van der Waals surface area contributed by atoms with E-state index in [1.807, 2.05) is 0 Å². The molecule has 7 nitrogen and oxygen atoms in total. The maximum atomic E-state index is 12.6. The van der Waals surface area contributed by atoms with Gasteiger partial charge in [-0.1, -0.05) is 6.92 Å². The number of hydrogen-bond donors (Lipinski definition) is 2. The second-order valence-corrected chi connectivity index (χ2v) is 5.55. The lowest BCUT2D eigenvalue weighted by Crippen LogP contribution is -2.49. The smallest absolute Gasteiger partial charge is 0.270 e. The van der Waals surface area contributed by atoms with Crippen molar-refractivity contribution in [2.24, 2.45) is 11.7 Å². The topological polar surface area (TPSA) is 115 Å². The molecule has 1 fully saturated rings. The fraction of sp³-hybridized carbons (Fsp3) is 0.500. The minimum Gasteiger partial charge on any atom is -0.398 e. The summed E-state index contributed by atoms with van der Waals surface area (Å²) in [5.41, 5.74) is 11.9. The van der Waals surface area contributed by atoms with Gasteiger partial charge >= 0.3 is 0 Å². The third kappa shape index (κ3) is 3.13. The van der Waals surface area contributed by atoms with Crippen LogP contribution in [0, 0.1) is 16.0 Å². The number of nitrogens with zero attached hydrogens (tertiary/aromatic N) is 2. The number of nitro groups is 1. The Bertz CT molecular complexity index is 561. The van der Waals surface area contributed by atoms with E-state index in [1.54, 1.807) is 4.90 Å². The van der Waals surface area contributed by atoms with Gasteiger partial charge in [0.2, 0.25) is 0 Å². The highest BCUT2D eigenvalue weighted by Gasteiger charge is 2.31. The minimum absolute atomic E-state index is 0.0417. The monoisotopic (exact) mass is 292 g/mol. The Morgan fingerprint density at radius 2 is 2.24 bits per heavy atom. The number of benzene rings is 1. The molecule has 0 saturated carbocycles. The summed E-state index contributed by atoms with van der Waals surface area (Å²) < 4.78 is 0. The maximum Gasteiger partial charge on any atom is 0.270 e. The van der Waals surface area contributed by atoms with Crippen LogP contribution in [0.1, 0.15) is 30.1 Å². The lowest BCUT2D eigenvalue weighted by atomic mass is 9.91. The van der Waals surface area contributed by atoms with Crippen LogP contribution in [0.4, 0.5) is 11.4 Å². The Kier molecular flexibility index (Phi) is 4.42. The Labute approximate surface area is 123 Å². The van der Waals surface area contributed by atoms with Crippen LogP contribution in [-0.4, -0.2) is 34.9 Å². The van der Waals surface area contributed by atoms with Crippen LogP contribution in [-0.2, 0) is 0 Å². The molecule has 2 unspecified atom stereocenters. The zero-order valence-corrected chi connectivity index (χ0v) is 12.0. The predicted octanol–water partition coefficient (Wildman–Crippen LogP) is 1.38.